The number of benzene rings is 2. The molecule has 7 nitrogen and oxygen atoms in total. The van der Waals surface area contributed by atoms with E-state index in [0.29, 0.717) is 0 Å². The molecule has 3 aromatic rings. The molecule has 0 N–H and O–H groups in total. The molecule has 1 aromatic heterocycles. The summed E-state index contributed by atoms with van der Waals surface area (Å²) in [7, 11) is 1.18. The van der Waals surface area contributed by atoms with E-state index in [-0.39, 0.29) is 28.9 Å². The van der Waals surface area contributed by atoms with Crippen molar-refractivity contribution in [2.45, 2.75) is 19.5 Å². The monoisotopic (exact) mass is 436 g/mol. The van der Waals surface area contributed by atoms with Crippen molar-refractivity contribution >= 4 is 22.9 Å². The van der Waals surface area contributed by atoms with Crippen molar-refractivity contribution in [2.75, 3.05) is 7.11 Å². The molecule has 1 heterocycles. The zero-order valence-electron chi connectivity index (χ0n) is 16.2. The van der Waals surface area contributed by atoms with Gasteiger partial charge < -0.3 is 18.6 Å². The van der Waals surface area contributed by atoms with Crippen LogP contribution in [-0.2, 0) is 15.7 Å². The first-order valence-electron chi connectivity index (χ1n) is 8.89. The van der Waals surface area contributed by atoms with E-state index < -0.39 is 40.6 Å². The molecule has 0 aliphatic heterocycles. The summed E-state index contributed by atoms with van der Waals surface area (Å²) in [5.74, 6) is -4.16. The molecular formula is C21H15F3O7. The maximum Gasteiger partial charge on any atom is 0.453 e. The van der Waals surface area contributed by atoms with E-state index in [0.717, 1.165) is 6.07 Å². The Morgan fingerprint density at radius 3 is 2.26 bits per heavy atom. The van der Waals surface area contributed by atoms with E-state index in [4.69, 9.17) is 13.9 Å². The molecule has 0 aliphatic rings. The zero-order valence-corrected chi connectivity index (χ0v) is 16.2. The van der Waals surface area contributed by atoms with E-state index >= 15 is 0 Å². The number of esters is 2. The third kappa shape index (κ3) is 4.68. The highest BCUT2D eigenvalue weighted by Gasteiger charge is 2.40. The van der Waals surface area contributed by atoms with Crippen molar-refractivity contribution in [3.05, 3.63) is 64.0 Å². The maximum atomic E-state index is 13.6. The summed E-state index contributed by atoms with van der Waals surface area (Å²) in [6.45, 7) is 1.55. The average Bonchev–Trinajstić information content (AvgIpc) is 2.74. The fourth-order valence-corrected chi connectivity index (χ4v) is 2.60. The molecule has 0 atom stereocenters. The van der Waals surface area contributed by atoms with Crippen LogP contribution in [0.5, 0.6) is 17.2 Å². The van der Waals surface area contributed by atoms with Crippen LogP contribution >= 0.6 is 0 Å². The number of carbonyl (C=O) groups excluding carboxylic acids is 2. The van der Waals surface area contributed by atoms with Crippen LogP contribution in [0.1, 0.15) is 29.5 Å². The molecule has 0 saturated heterocycles. The molecule has 162 valence electrons. The predicted octanol–water partition coefficient (Wildman–Crippen LogP) is 4.71. The largest absolute Gasteiger partial charge is 0.465 e. The Bertz CT molecular complexity index is 1190. The number of alkyl halides is 3. The van der Waals surface area contributed by atoms with Gasteiger partial charge in [0.15, 0.2) is 0 Å². The van der Waals surface area contributed by atoms with Crippen molar-refractivity contribution in [2.24, 2.45) is 0 Å². The van der Waals surface area contributed by atoms with Crippen molar-refractivity contribution in [1.29, 1.82) is 0 Å². The second-order valence-electron chi connectivity index (χ2n) is 6.19. The van der Waals surface area contributed by atoms with Gasteiger partial charge in [-0.3, -0.25) is 9.59 Å². The van der Waals surface area contributed by atoms with E-state index in [9.17, 15) is 27.6 Å². The van der Waals surface area contributed by atoms with Crippen LogP contribution in [-0.4, -0.2) is 19.0 Å². The molecule has 0 fully saturated rings. The lowest BCUT2D eigenvalue weighted by Gasteiger charge is -2.13. The van der Waals surface area contributed by atoms with Gasteiger partial charge in [0.1, 0.15) is 17.1 Å². The minimum atomic E-state index is -5.05. The Hall–Kier alpha value is -3.82. The summed E-state index contributed by atoms with van der Waals surface area (Å²) in [5, 5.41) is -0.203. The van der Waals surface area contributed by atoms with Gasteiger partial charge in [-0.05, 0) is 36.4 Å². The fraction of sp³-hybridized carbons (Fsp3) is 0.190. The lowest BCUT2D eigenvalue weighted by atomic mass is 10.2. The Kier molecular flexibility index (Phi) is 6.00. The Morgan fingerprint density at radius 2 is 1.68 bits per heavy atom. The molecule has 0 bridgehead atoms. The zero-order chi connectivity index (χ0) is 22.8. The van der Waals surface area contributed by atoms with Gasteiger partial charge in [-0.25, -0.2) is 4.79 Å². The first-order chi connectivity index (χ1) is 14.6. The highest BCUT2D eigenvalue weighted by atomic mass is 19.4. The van der Waals surface area contributed by atoms with Gasteiger partial charge in [-0.1, -0.05) is 6.92 Å². The number of hydrogen-bond donors (Lipinski definition) is 0. The van der Waals surface area contributed by atoms with Gasteiger partial charge in [0, 0.05) is 12.5 Å². The quantitative estimate of drug-likeness (QED) is 0.423. The Balaban J connectivity index is 2.08. The standard InChI is InChI=1S/C21H15F3O7/c1-3-16(25)29-13-8-9-14-15(10-13)31-19(21(22,23)24)18(17(14)26)30-12-6-4-11(5-7-12)20(27)28-2/h4-10H,3H2,1-2H3. The van der Waals surface area contributed by atoms with Crippen LogP contribution in [0.2, 0.25) is 0 Å². The van der Waals surface area contributed by atoms with Gasteiger partial charge in [-0.15, -0.1) is 0 Å². The lowest BCUT2D eigenvalue weighted by Crippen LogP contribution is -2.15. The SMILES string of the molecule is CCC(=O)Oc1ccc2c(=O)c(Oc3ccc(C(=O)OC)cc3)c(C(F)(F)F)oc2c1. The second kappa shape index (κ2) is 8.50. The maximum absolute atomic E-state index is 13.6. The predicted molar refractivity (Wildman–Crippen MR) is 101 cm³/mol. The number of fused-ring (bicyclic) bond motifs is 1. The molecule has 3 rings (SSSR count). The smallest absolute Gasteiger partial charge is 0.453 e. The molecule has 0 amide bonds. The van der Waals surface area contributed by atoms with Gasteiger partial charge in [0.25, 0.3) is 5.76 Å². The first kappa shape index (κ1) is 21.9. The van der Waals surface area contributed by atoms with Gasteiger partial charge >= 0.3 is 18.1 Å². The summed E-state index contributed by atoms with van der Waals surface area (Å²) in [6, 6.07) is 8.42. The molecule has 0 saturated carbocycles. The van der Waals surface area contributed by atoms with Crippen LogP contribution in [0, 0.1) is 0 Å². The molecule has 31 heavy (non-hydrogen) atoms. The number of carbonyl (C=O) groups is 2. The highest BCUT2D eigenvalue weighted by molar-refractivity contribution is 5.89. The van der Waals surface area contributed by atoms with Crippen molar-refractivity contribution < 1.29 is 41.4 Å². The number of halogens is 3. The molecule has 0 radical (unpaired) electrons. The minimum absolute atomic E-state index is 0.0529. The topological polar surface area (TPSA) is 92.0 Å². The highest BCUT2D eigenvalue weighted by Crippen LogP contribution is 2.38. The number of ether oxygens (including phenoxy) is 3. The Morgan fingerprint density at radius 1 is 1.03 bits per heavy atom. The lowest BCUT2D eigenvalue weighted by molar-refractivity contribution is -0.154. The van der Waals surface area contributed by atoms with Gasteiger partial charge in [0.2, 0.25) is 11.2 Å². The summed E-state index contributed by atoms with van der Waals surface area (Å²) in [6.07, 6.45) is -5.00. The Labute approximate surface area is 172 Å². The van der Waals surface area contributed by atoms with E-state index in [2.05, 4.69) is 4.74 Å². The van der Waals surface area contributed by atoms with Crippen molar-refractivity contribution in [3.63, 3.8) is 0 Å². The molecule has 2 aromatic carbocycles. The normalized spacial score (nSPS) is 11.3. The summed E-state index contributed by atoms with van der Waals surface area (Å²) in [5.41, 5.74) is -1.35. The second-order valence-corrected chi connectivity index (χ2v) is 6.19. The number of rotatable bonds is 5. The molecule has 10 heteroatoms. The third-order valence-corrected chi connectivity index (χ3v) is 4.10. The number of methoxy groups -OCH3 is 1. The summed E-state index contributed by atoms with van der Waals surface area (Å²) < 4.78 is 60.4. The van der Waals surface area contributed by atoms with Crippen LogP contribution in [0.4, 0.5) is 13.2 Å². The van der Waals surface area contributed by atoms with Crippen LogP contribution < -0.4 is 14.9 Å². The van der Waals surface area contributed by atoms with E-state index in [1.165, 1.54) is 43.5 Å². The fourth-order valence-electron chi connectivity index (χ4n) is 2.60. The van der Waals surface area contributed by atoms with Crippen molar-refractivity contribution in [1.82, 2.24) is 0 Å². The van der Waals surface area contributed by atoms with E-state index in [1.807, 2.05) is 0 Å². The average molecular weight is 436 g/mol. The van der Waals surface area contributed by atoms with E-state index in [1.54, 1.807) is 6.92 Å². The van der Waals surface area contributed by atoms with Crippen LogP contribution in [0.25, 0.3) is 11.0 Å². The number of hydrogen-bond acceptors (Lipinski definition) is 7. The van der Waals surface area contributed by atoms with Crippen LogP contribution in [0.15, 0.2) is 51.7 Å². The first-order valence-corrected chi connectivity index (χ1v) is 8.89. The van der Waals surface area contributed by atoms with Gasteiger partial charge in [-0.2, -0.15) is 13.2 Å². The minimum Gasteiger partial charge on any atom is -0.465 e. The molecule has 0 aliphatic carbocycles. The van der Waals surface area contributed by atoms with Crippen molar-refractivity contribution in [3.8, 4) is 17.2 Å². The summed E-state index contributed by atoms with van der Waals surface area (Å²) in [4.78, 5) is 35.6. The third-order valence-electron chi connectivity index (χ3n) is 4.10. The molecular weight excluding hydrogens is 421 g/mol. The summed E-state index contributed by atoms with van der Waals surface area (Å²) >= 11 is 0. The molecule has 0 unspecified atom stereocenters. The van der Waals surface area contributed by atoms with Crippen LogP contribution in [0.3, 0.4) is 0 Å². The molecule has 0 spiro atoms. The van der Waals surface area contributed by atoms with Gasteiger partial charge in [0.05, 0.1) is 18.1 Å².